The molecule has 84 valence electrons. The van der Waals surface area contributed by atoms with E-state index < -0.39 is 35.1 Å². The maximum absolute atomic E-state index is 13.0. The first-order valence-corrected chi connectivity index (χ1v) is 3.80. The summed E-state index contributed by atoms with van der Waals surface area (Å²) in [7, 11) is 0. The fourth-order valence-electron chi connectivity index (χ4n) is 0.992. The van der Waals surface area contributed by atoms with Crippen LogP contribution in [-0.2, 0) is 0 Å². The molecule has 0 aliphatic heterocycles. The second-order valence-corrected chi connectivity index (χ2v) is 2.91. The molecule has 0 aliphatic rings. The van der Waals surface area contributed by atoms with Crippen molar-refractivity contribution in [3.05, 3.63) is 29.3 Å². The third kappa shape index (κ3) is 2.35. The zero-order valence-electron chi connectivity index (χ0n) is 7.28. The zero-order chi connectivity index (χ0) is 11.8. The highest BCUT2D eigenvalue weighted by atomic mass is 19.4. The third-order valence-electron chi connectivity index (χ3n) is 1.80. The Morgan fingerprint density at radius 3 is 2.07 bits per heavy atom. The number of nitrogen functional groups attached to an aromatic ring is 1. The van der Waals surface area contributed by atoms with Gasteiger partial charge in [0.15, 0.2) is 0 Å². The average Bonchev–Trinajstić information content (AvgIpc) is 2.08. The summed E-state index contributed by atoms with van der Waals surface area (Å²) in [6.07, 6.45) is -4.83. The van der Waals surface area contributed by atoms with Crippen LogP contribution >= 0.6 is 0 Å². The van der Waals surface area contributed by atoms with Gasteiger partial charge in [0.1, 0.15) is 17.7 Å². The Morgan fingerprint density at radius 1 is 1.07 bits per heavy atom. The highest BCUT2D eigenvalue weighted by molar-refractivity contribution is 5.43. The molecule has 0 aromatic heterocycles. The van der Waals surface area contributed by atoms with Crippen LogP contribution in [0.2, 0.25) is 0 Å². The number of hydrogen-bond donors (Lipinski definition) is 2. The van der Waals surface area contributed by atoms with Gasteiger partial charge >= 0.3 is 6.18 Å². The van der Waals surface area contributed by atoms with E-state index in [1.54, 1.807) is 0 Å². The van der Waals surface area contributed by atoms with Gasteiger partial charge in [0.05, 0.1) is 5.69 Å². The lowest BCUT2D eigenvalue weighted by molar-refractivity contribution is -0.149. The molecule has 0 aliphatic carbocycles. The van der Waals surface area contributed by atoms with Crippen LogP contribution in [0, 0.1) is 11.6 Å². The maximum Gasteiger partial charge on any atom is 0.407 e. The van der Waals surface area contributed by atoms with Crippen molar-refractivity contribution in [3.8, 4) is 0 Å². The number of nitrogens with two attached hydrogens (primary N) is 2. The Bertz CT molecular complexity index is 374. The van der Waals surface area contributed by atoms with E-state index in [0.29, 0.717) is 12.1 Å². The van der Waals surface area contributed by atoms with Crippen LogP contribution in [0.25, 0.3) is 0 Å². The van der Waals surface area contributed by atoms with E-state index in [0.717, 1.165) is 0 Å². The summed E-state index contributed by atoms with van der Waals surface area (Å²) >= 11 is 0. The number of alkyl halides is 3. The maximum atomic E-state index is 13.0. The molecule has 1 aromatic carbocycles. The van der Waals surface area contributed by atoms with E-state index >= 15 is 0 Å². The minimum atomic E-state index is -4.83. The fraction of sp³-hybridized carbons (Fsp3) is 0.250. The molecule has 1 rings (SSSR count). The molecule has 0 saturated carbocycles. The predicted octanol–water partition coefficient (Wildman–Crippen LogP) is 2.11. The second kappa shape index (κ2) is 3.65. The molecule has 0 spiro atoms. The summed E-state index contributed by atoms with van der Waals surface area (Å²) in [5.41, 5.74) is 8.15. The van der Waals surface area contributed by atoms with Gasteiger partial charge in [-0.1, -0.05) is 0 Å². The normalized spacial score (nSPS) is 14.0. The molecule has 0 saturated heterocycles. The van der Waals surface area contributed by atoms with Crippen LogP contribution in [0.4, 0.5) is 27.6 Å². The lowest BCUT2D eigenvalue weighted by Gasteiger charge is -2.16. The van der Waals surface area contributed by atoms with Crippen molar-refractivity contribution in [2.75, 3.05) is 5.73 Å². The van der Waals surface area contributed by atoms with Gasteiger partial charge in [-0.15, -0.1) is 0 Å². The molecule has 0 bridgehead atoms. The Morgan fingerprint density at radius 2 is 1.60 bits per heavy atom. The number of rotatable bonds is 1. The summed E-state index contributed by atoms with van der Waals surface area (Å²) in [6, 6.07) is -1.74. The number of hydrogen-bond acceptors (Lipinski definition) is 2. The molecular formula is C8H7F5N2. The van der Waals surface area contributed by atoms with Crippen molar-refractivity contribution >= 4 is 5.69 Å². The minimum Gasteiger partial charge on any atom is -0.396 e. The molecule has 4 N–H and O–H groups in total. The fourth-order valence-corrected chi connectivity index (χ4v) is 0.992. The van der Waals surface area contributed by atoms with Gasteiger partial charge < -0.3 is 11.5 Å². The largest absolute Gasteiger partial charge is 0.407 e. The summed E-state index contributed by atoms with van der Waals surface area (Å²) in [5.74, 6) is -2.41. The van der Waals surface area contributed by atoms with Crippen LogP contribution in [0.5, 0.6) is 0 Å². The standard InChI is InChI=1S/C8H7F5N2/c9-4-2-6(14)5(10)1-3(4)7(15)8(11,12)13/h1-2,7H,14-15H2/t7-/m0/s1. The van der Waals surface area contributed by atoms with Crippen molar-refractivity contribution in [2.45, 2.75) is 12.2 Å². The lowest BCUT2D eigenvalue weighted by atomic mass is 10.1. The first-order chi connectivity index (χ1) is 6.73. The predicted molar refractivity (Wildman–Crippen MR) is 43.8 cm³/mol. The van der Waals surface area contributed by atoms with E-state index in [4.69, 9.17) is 11.5 Å². The molecule has 0 unspecified atom stereocenters. The Labute approximate surface area is 81.7 Å². The van der Waals surface area contributed by atoms with Crippen LogP contribution in [0.1, 0.15) is 11.6 Å². The SMILES string of the molecule is Nc1cc(F)c([C@H](N)C(F)(F)F)cc1F. The van der Waals surface area contributed by atoms with Crippen molar-refractivity contribution < 1.29 is 22.0 Å². The number of halogens is 5. The highest BCUT2D eigenvalue weighted by Crippen LogP contribution is 2.33. The Hall–Kier alpha value is -1.37. The second-order valence-electron chi connectivity index (χ2n) is 2.91. The third-order valence-corrected chi connectivity index (χ3v) is 1.80. The topological polar surface area (TPSA) is 52.0 Å². The van der Waals surface area contributed by atoms with E-state index in [-0.39, 0.29) is 0 Å². The van der Waals surface area contributed by atoms with Crippen LogP contribution < -0.4 is 11.5 Å². The molecule has 0 radical (unpaired) electrons. The molecular weight excluding hydrogens is 219 g/mol. The van der Waals surface area contributed by atoms with Crippen molar-refractivity contribution in [3.63, 3.8) is 0 Å². The Balaban J connectivity index is 3.21. The quantitative estimate of drug-likeness (QED) is 0.569. The van der Waals surface area contributed by atoms with E-state index in [2.05, 4.69) is 0 Å². The van der Waals surface area contributed by atoms with Gasteiger partial charge in [-0.3, -0.25) is 0 Å². The summed E-state index contributed by atoms with van der Waals surface area (Å²) in [5, 5.41) is 0. The molecule has 15 heavy (non-hydrogen) atoms. The van der Waals surface area contributed by atoms with Gasteiger partial charge in [0.2, 0.25) is 0 Å². The molecule has 1 atom stereocenters. The van der Waals surface area contributed by atoms with Crippen LogP contribution in [0.15, 0.2) is 12.1 Å². The summed E-state index contributed by atoms with van der Waals surface area (Å²) in [4.78, 5) is 0. The molecule has 0 fully saturated rings. The number of anilines is 1. The average molecular weight is 226 g/mol. The van der Waals surface area contributed by atoms with E-state index in [9.17, 15) is 22.0 Å². The number of benzene rings is 1. The van der Waals surface area contributed by atoms with Crippen molar-refractivity contribution in [2.24, 2.45) is 5.73 Å². The van der Waals surface area contributed by atoms with Gasteiger partial charge in [0, 0.05) is 11.6 Å². The molecule has 2 nitrogen and oxygen atoms in total. The van der Waals surface area contributed by atoms with E-state index in [1.165, 1.54) is 0 Å². The van der Waals surface area contributed by atoms with Gasteiger partial charge in [0.25, 0.3) is 0 Å². The minimum absolute atomic E-state index is 0.350. The summed E-state index contributed by atoms with van der Waals surface area (Å²) in [6.45, 7) is 0. The first-order valence-electron chi connectivity index (χ1n) is 3.80. The first kappa shape index (κ1) is 11.7. The van der Waals surface area contributed by atoms with Crippen molar-refractivity contribution in [1.82, 2.24) is 0 Å². The molecule has 0 heterocycles. The lowest BCUT2D eigenvalue weighted by Crippen LogP contribution is -2.29. The highest BCUT2D eigenvalue weighted by Gasteiger charge is 2.39. The molecule has 7 heteroatoms. The smallest absolute Gasteiger partial charge is 0.396 e. The molecule has 1 aromatic rings. The van der Waals surface area contributed by atoms with Gasteiger partial charge in [-0.25, -0.2) is 8.78 Å². The molecule has 0 amide bonds. The van der Waals surface area contributed by atoms with Gasteiger partial charge in [-0.05, 0) is 6.07 Å². The van der Waals surface area contributed by atoms with Gasteiger partial charge in [-0.2, -0.15) is 13.2 Å². The monoisotopic (exact) mass is 226 g/mol. The zero-order valence-corrected chi connectivity index (χ0v) is 7.28. The van der Waals surface area contributed by atoms with E-state index in [1.807, 2.05) is 0 Å². The van der Waals surface area contributed by atoms with Crippen LogP contribution in [-0.4, -0.2) is 6.18 Å². The Kier molecular flexibility index (Phi) is 2.85. The van der Waals surface area contributed by atoms with Crippen molar-refractivity contribution in [1.29, 1.82) is 0 Å². The van der Waals surface area contributed by atoms with Crippen LogP contribution in [0.3, 0.4) is 0 Å². The summed E-state index contributed by atoms with van der Waals surface area (Å²) < 4.78 is 62.1.